The first-order valence-corrected chi connectivity index (χ1v) is 4.79. The fraction of sp³-hybridized carbons (Fsp3) is 0.364. The van der Waals surface area contributed by atoms with E-state index in [1.807, 2.05) is 24.3 Å². The Bertz CT molecular complexity index is 336. The molecule has 1 heterocycles. The smallest absolute Gasteiger partial charge is 0.305 e. The predicted molar refractivity (Wildman–Crippen MR) is 52.7 cm³/mol. The van der Waals surface area contributed by atoms with Gasteiger partial charge in [0, 0.05) is 6.42 Å². The fourth-order valence-corrected chi connectivity index (χ4v) is 1.41. The lowest BCUT2D eigenvalue weighted by Crippen LogP contribution is -2.19. The largest absolute Gasteiger partial charge is 0.469 e. The Morgan fingerprint density at radius 3 is 2.47 bits per heavy atom. The summed E-state index contributed by atoms with van der Waals surface area (Å²) in [4.78, 5) is 10.9. The molecule has 1 aromatic rings. The summed E-state index contributed by atoms with van der Waals surface area (Å²) >= 11 is 0. The summed E-state index contributed by atoms with van der Waals surface area (Å²) < 4.78 is 15.5. The van der Waals surface area contributed by atoms with Crippen molar-refractivity contribution in [3.05, 3.63) is 24.3 Å². The molecule has 1 aliphatic heterocycles. The Hall–Kier alpha value is -1.71. The van der Waals surface area contributed by atoms with Crippen molar-refractivity contribution >= 4 is 5.97 Å². The molecule has 0 atom stereocenters. The van der Waals surface area contributed by atoms with E-state index in [2.05, 4.69) is 4.74 Å². The first-order chi connectivity index (χ1) is 7.29. The number of methoxy groups -OCH3 is 1. The van der Waals surface area contributed by atoms with E-state index in [4.69, 9.17) is 9.47 Å². The van der Waals surface area contributed by atoms with Gasteiger partial charge in [0.1, 0.15) is 0 Å². The molecule has 0 aliphatic carbocycles. The van der Waals surface area contributed by atoms with Crippen LogP contribution in [0.3, 0.4) is 0 Å². The van der Waals surface area contributed by atoms with Crippen molar-refractivity contribution < 1.29 is 19.0 Å². The number of para-hydroxylation sites is 2. The van der Waals surface area contributed by atoms with Gasteiger partial charge in [-0.05, 0) is 12.1 Å². The highest BCUT2D eigenvalue weighted by molar-refractivity contribution is 5.69. The molecule has 0 radical (unpaired) electrons. The van der Waals surface area contributed by atoms with Crippen molar-refractivity contribution in [2.75, 3.05) is 7.11 Å². The number of benzene rings is 1. The summed E-state index contributed by atoms with van der Waals surface area (Å²) in [5, 5.41) is 0. The van der Waals surface area contributed by atoms with E-state index in [9.17, 15) is 4.79 Å². The molecule has 0 N–H and O–H groups in total. The first kappa shape index (κ1) is 9.83. The van der Waals surface area contributed by atoms with E-state index in [-0.39, 0.29) is 12.3 Å². The van der Waals surface area contributed by atoms with Gasteiger partial charge in [0.25, 0.3) is 0 Å². The third-order valence-corrected chi connectivity index (χ3v) is 2.18. The van der Waals surface area contributed by atoms with E-state index >= 15 is 0 Å². The molecule has 15 heavy (non-hydrogen) atoms. The van der Waals surface area contributed by atoms with Crippen molar-refractivity contribution in [3.8, 4) is 11.5 Å². The number of hydrogen-bond donors (Lipinski definition) is 0. The van der Waals surface area contributed by atoms with Gasteiger partial charge in [0.2, 0.25) is 6.29 Å². The van der Waals surface area contributed by atoms with Crippen LogP contribution < -0.4 is 9.47 Å². The second-order valence-electron chi connectivity index (χ2n) is 3.23. The highest BCUT2D eigenvalue weighted by Crippen LogP contribution is 2.34. The topological polar surface area (TPSA) is 44.8 Å². The summed E-state index contributed by atoms with van der Waals surface area (Å²) in [6.45, 7) is 0. The van der Waals surface area contributed by atoms with Crippen molar-refractivity contribution in [2.45, 2.75) is 19.1 Å². The molecule has 0 unspecified atom stereocenters. The maximum Gasteiger partial charge on any atom is 0.305 e. The van der Waals surface area contributed by atoms with Gasteiger partial charge in [0.15, 0.2) is 11.5 Å². The monoisotopic (exact) mass is 208 g/mol. The molecule has 0 fully saturated rings. The number of hydrogen-bond acceptors (Lipinski definition) is 4. The van der Waals surface area contributed by atoms with Gasteiger partial charge in [-0.3, -0.25) is 4.79 Å². The lowest BCUT2D eigenvalue weighted by Gasteiger charge is -2.08. The number of ether oxygens (including phenoxy) is 3. The molecule has 0 spiro atoms. The zero-order valence-corrected chi connectivity index (χ0v) is 8.43. The van der Waals surface area contributed by atoms with Gasteiger partial charge in [-0.15, -0.1) is 0 Å². The minimum Gasteiger partial charge on any atom is -0.469 e. The Morgan fingerprint density at radius 1 is 1.33 bits per heavy atom. The van der Waals surface area contributed by atoms with Gasteiger partial charge >= 0.3 is 5.97 Å². The van der Waals surface area contributed by atoms with Crippen molar-refractivity contribution in [1.29, 1.82) is 0 Å². The molecule has 4 heteroatoms. The maximum absolute atomic E-state index is 10.9. The van der Waals surface area contributed by atoms with Crippen LogP contribution >= 0.6 is 0 Å². The summed E-state index contributed by atoms with van der Waals surface area (Å²) in [6.07, 6.45) is 0.428. The lowest BCUT2D eigenvalue weighted by molar-refractivity contribution is -0.141. The predicted octanol–water partition coefficient (Wildman–Crippen LogP) is 1.74. The number of esters is 1. The molecule has 0 saturated carbocycles. The number of rotatable bonds is 3. The van der Waals surface area contributed by atoms with Crippen LogP contribution in [0.2, 0.25) is 0 Å². The molecule has 0 aromatic heterocycles. The highest BCUT2D eigenvalue weighted by atomic mass is 16.7. The number of carbonyl (C=O) groups is 1. The van der Waals surface area contributed by atoms with Gasteiger partial charge in [-0.25, -0.2) is 0 Å². The number of fused-ring (bicyclic) bond motifs is 1. The summed E-state index contributed by atoms with van der Waals surface area (Å²) in [5.74, 6) is 1.21. The van der Waals surface area contributed by atoms with Crippen LogP contribution in [-0.2, 0) is 9.53 Å². The van der Waals surface area contributed by atoms with Gasteiger partial charge in [0.05, 0.1) is 13.5 Å². The van der Waals surface area contributed by atoms with E-state index in [1.54, 1.807) is 0 Å². The quantitative estimate of drug-likeness (QED) is 0.710. The second kappa shape index (κ2) is 4.21. The average Bonchev–Trinajstić information content (AvgIpc) is 2.68. The fourth-order valence-electron chi connectivity index (χ4n) is 1.41. The summed E-state index contributed by atoms with van der Waals surface area (Å²) in [5.41, 5.74) is 0. The van der Waals surface area contributed by atoms with Crippen molar-refractivity contribution in [3.63, 3.8) is 0 Å². The third-order valence-electron chi connectivity index (χ3n) is 2.18. The molecule has 4 nitrogen and oxygen atoms in total. The molecular weight excluding hydrogens is 196 g/mol. The molecule has 1 aromatic carbocycles. The molecular formula is C11H12O4. The Balaban J connectivity index is 1.88. The molecule has 2 rings (SSSR count). The minimum atomic E-state index is -0.374. The molecule has 0 saturated heterocycles. The van der Waals surface area contributed by atoms with Crippen LogP contribution in [0, 0.1) is 0 Å². The number of carbonyl (C=O) groups excluding carboxylic acids is 1. The average molecular weight is 208 g/mol. The standard InChI is InChI=1S/C11H12O4/c1-13-10(12)6-7-11-14-8-4-2-3-5-9(8)15-11/h2-5,11H,6-7H2,1H3. The van der Waals surface area contributed by atoms with E-state index in [0.717, 1.165) is 11.5 Å². The van der Waals surface area contributed by atoms with Gasteiger partial charge < -0.3 is 14.2 Å². The van der Waals surface area contributed by atoms with Crippen molar-refractivity contribution in [2.24, 2.45) is 0 Å². The van der Waals surface area contributed by atoms with E-state index < -0.39 is 0 Å². The van der Waals surface area contributed by atoms with E-state index in [1.165, 1.54) is 7.11 Å². The Labute approximate surface area is 87.8 Å². The van der Waals surface area contributed by atoms with Crippen molar-refractivity contribution in [1.82, 2.24) is 0 Å². The molecule has 0 amide bonds. The minimum absolute atomic E-state index is 0.252. The lowest BCUT2D eigenvalue weighted by atomic mass is 10.3. The van der Waals surface area contributed by atoms with Gasteiger partial charge in [-0.1, -0.05) is 12.1 Å². The van der Waals surface area contributed by atoms with Crippen LogP contribution in [0.25, 0.3) is 0 Å². The summed E-state index contributed by atoms with van der Waals surface area (Å²) in [7, 11) is 1.37. The highest BCUT2D eigenvalue weighted by Gasteiger charge is 2.23. The third kappa shape index (κ3) is 2.21. The zero-order valence-electron chi connectivity index (χ0n) is 8.43. The molecule has 80 valence electrons. The van der Waals surface area contributed by atoms with Gasteiger partial charge in [-0.2, -0.15) is 0 Å². The molecule has 0 bridgehead atoms. The Morgan fingerprint density at radius 2 is 1.93 bits per heavy atom. The van der Waals surface area contributed by atoms with Crippen LogP contribution in [0.15, 0.2) is 24.3 Å². The van der Waals surface area contributed by atoms with Crippen LogP contribution in [0.5, 0.6) is 11.5 Å². The SMILES string of the molecule is COC(=O)CCC1Oc2ccccc2O1. The maximum atomic E-state index is 10.9. The normalized spacial score (nSPS) is 13.9. The Kier molecular flexibility index (Phi) is 2.76. The second-order valence-corrected chi connectivity index (χ2v) is 3.23. The van der Waals surface area contributed by atoms with Crippen LogP contribution in [0.1, 0.15) is 12.8 Å². The first-order valence-electron chi connectivity index (χ1n) is 4.79. The molecule has 1 aliphatic rings. The summed E-state index contributed by atoms with van der Waals surface area (Å²) in [6, 6.07) is 7.44. The van der Waals surface area contributed by atoms with Crippen LogP contribution in [0.4, 0.5) is 0 Å². The zero-order chi connectivity index (χ0) is 10.7. The van der Waals surface area contributed by atoms with E-state index in [0.29, 0.717) is 12.8 Å². The van der Waals surface area contributed by atoms with Crippen LogP contribution in [-0.4, -0.2) is 19.4 Å².